The summed E-state index contributed by atoms with van der Waals surface area (Å²) < 4.78 is 8.24. The van der Waals surface area contributed by atoms with Crippen LogP contribution in [-0.2, 0) is 0 Å². The SMILES string of the molecule is Cc1c(-c2no[n+]([O-])c2[N+](=O)[O-])no[n+]1[O-]. The van der Waals surface area contributed by atoms with Gasteiger partial charge in [-0.3, -0.25) is 4.63 Å². The van der Waals surface area contributed by atoms with E-state index in [9.17, 15) is 20.5 Å². The van der Waals surface area contributed by atoms with Crippen molar-refractivity contribution < 1.29 is 24.0 Å². The van der Waals surface area contributed by atoms with Crippen molar-refractivity contribution in [2.75, 3.05) is 0 Å². The van der Waals surface area contributed by atoms with E-state index in [1.54, 1.807) is 0 Å². The summed E-state index contributed by atoms with van der Waals surface area (Å²) in [7, 11) is 0. The zero-order valence-electron chi connectivity index (χ0n) is 7.69. The Morgan fingerprint density at radius 1 is 1.19 bits per heavy atom. The van der Waals surface area contributed by atoms with Gasteiger partial charge < -0.3 is 20.5 Å². The molecule has 0 amide bonds. The summed E-state index contributed by atoms with van der Waals surface area (Å²) in [6.07, 6.45) is 0. The summed E-state index contributed by atoms with van der Waals surface area (Å²) in [6.45, 7) is 1.30. The first kappa shape index (κ1) is 9.82. The number of hydrogen-bond acceptors (Lipinski definition) is 8. The molecule has 0 saturated carbocycles. The molecule has 2 rings (SSSR count). The van der Waals surface area contributed by atoms with E-state index in [0.717, 1.165) is 0 Å². The molecule has 2 heterocycles. The van der Waals surface area contributed by atoms with Gasteiger partial charge in [0.1, 0.15) is 5.16 Å². The smallest absolute Gasteiger partial charge is 0.359 e. The van der Waals surface area contributed by atoms with Gasteiger partial charge in [0, 0.05) is 11.8 Å². The number of rotatable bonds is 2. The minimum Gasteiger partial charge on any atom is -0.359 e. The van der Waals surface area contributed by atoms with E-state index in [-0.39, 0.29) is 16.3 Å². The number of aromatic nitrogens is 4. The van der Waals surface area contributed by atoms with Gasteiger partial charge in [0.05, 0.1) is 10.1 Å². The highest BCUT2D eigenvalue weighted by atomic mass is 16.8. The van der Waals surface area contributed by atoms with Crippen molar-refractivity contribution in [1.82, 2.24) is 10.3 Å². The Kier molecular flexibility index (Phi) is 1.93. The number of nitrogens with zero attached hydrogens (tertiary/aromatic N) is 5. The molecule has 2 aromatic heterocycles. The fourth-order valence-electron chi connectivity index (χ4n) is 1.05. The molecule has 0 N–H and O–H groups in total. The third-order valence-electron chi connectivity index (χ3n) is 1.81. The molecule has 16 heavy (non-hydrogen) atoms. The van der Waals surface area contributed by atoms with E-state index in [0.29, 0.717) is 0 Å². The van der Waals surface area contributed by atoms with Crippen molar-refractivity contribution in [2.24, 2.45) is 0 Å². The van der Waals surface area contributed by atoms with Gasteiger partial charge in [-0.15, -0.1) is 0 Å². The van der Waals surface area contributed by atoms with Crippen LogP contribution in [0.5, 0.6) is 0 Å². The largest absolute Gasteiger partial charge is 0.500 e. The fourth-order valence-corrected chi connectivity index (χ4v) is 1.05. The monoisotopic (exact) mass is 229 g/mol. The fraction of sp³-hybridized carbons (Fsp3) is 0.200. The van der Waals surface area contributed by atoms with Gasteiger partial charge in [0.15, 0.2) is 0 Å². The maximum atomic E-state index is 10.9. The molecule has 11 heteroatoms. The summed E-state index contributed by atoms with van der Waals surface area (Å²) in [6, 6.07) is 0. The van der Waals surface area contributed by atoms with E-state index in [1.165, 1.54) is 6.92 Å². The first-order valence-corrected chi connectivity index (χ1v) is 3.83. The third kappa shape index (κ3) is 1.22. The third-order valence-corrected chi connectivity index (χ3v) is 1.81. The molecular weight excluding hydrogens is 226 g/mol. The molecule has 0 aliphatic carbocycles. The average molecular weight is 229 g/mol. The highest BCUT2D eigenvalue weighted by Gasteiger charge is 2.40. The molecule has 0 unspecified atom stereocenters. The van der Waals surface area contributed by atoms with E-state index >= 15 is 0 Å². The van der Waals surface area contributed by atoms with Crippen LogP contribution in [0.15, 0.2) is 9.26 Å². The molecule has 11 nitrogen and oxygen atoms in total. The first-order valence-electron chi connectivity index (χ1n) is 3.83. The maximum Gasteiger partial charge on any atom is 0.500 e. The topological polar surface area (TPSA) is 149 Å². The molecule has 0 aliphatic rings. The van der Waals surface area contributed by atoms with Gasteiger partial charge in [0.2, 0.25) is 5.69 Å². The quantitative estimate of drug-likeness (QED) is 0.354. The minimum absolute atomic E-state index is 0.0306. The Morgan fingerprint density at radius 3 is 2.25 bits per heavy atom. The van der Waals surface area contributed by atoms with Crippen molar-refractivity contribution in [1.29, 1.82) is 0 Å². The lowest BCUT2D eigenvalue weighted by Crippen LogP contribution is -2.27. The van der Waals surface area contributed by atoms with E-state index in [1.807, 2.05) is 0 Å². The van der Waals surface area contributed by atoms with Crippen molar-refractivity contribution in [2.45, 2.75) is 6.92 Å². The molecule has 0 saturated heterocycles. The lowest BCUT2D eigenvalue weighted by atomic mass is 10.2. The van der Waals surface area contributed by atoms with Crippen molar-refractivity contribution in [3.8, 4) is 11.4 Å². The van der Waals surface area contributed by atoms with Crippen molar-refractivity contribution in [3.63, 3.8) is 0 Å². The standard InChI is InChI=1S/C5H3N5O6/c1-2-3(6-15-9(2)13)4-5(8(11)12)10(14)16-7-4/h1H3. The van der Waals surface area contributed by atoms with Gasteiger partial charge in [-0.2, -0.15) is 4.63 Å². The molecule has 0 aliphatic heterocycles. The number of nitro groups is 1. The van der Waals surface area contributed by atoms with Crippen LogP contribution in [0.2, 0.25) is 0 Å². The van der Waals surface area contributed by atoms with Crippen LogP contribution >= 0.6 is 0 Å². The summed E-state index contributed by atoms with van der Waals surface area (Å²) in [5.74, 6) is -0.961. The molecule has 0 bridgehead atoms. The average Bonchev–Trinajstić information content (AvgIpc) is 2.72. The Morgan fingerprint density at radius 2 is 1.75 bits per heavy atom. The predicted octanol–water partition coefficient (Wildman–Crippen LogP) is -1.19. The van der Waals surface area contributed by atoms with Crippen molar-refractivity contribution >= 4 is 5.82 Å². The number of hydrogen-bond donors (Lipinski definition) is 0. The van der Waals surface area contributed by atoms with Gasteiger partial charge in [0.25, 0.3) is 0 Å². The Balaban J connectivity index is 2.65. The Labute approximate surface area is 85.7 Å². The van der Waals surface area contributed by atoms with Crippen LogP contribution in [0.25, 0.3) is 11.4 Å². The molecule has 0 spiro atoms. The summed E-state index contributed by atoms with van der Waals surface area (Å²) in [5.41, 5.74) is -0.757. The summed E-state index contributed by atoms with van der Waals surface area (Å²) in [4.78, 5) is 9.18. The highest BCUT2D eigenvalue weighted by molar-refractivity contribution is 5.61. The van der Waals surface area contributed by atoms with Crippen LogP contribution in [-0.4, -0.2) is 15.2 Å². The maximum absolute atomic E-state index is 10.9. The summed E-state index contributed by atoms with van der Waals surface area (Å²) in [5, 5.41) is 38.7. The van der Waals surface area contributed by atoms with Crippen molar-refractivity contribution in [3.05, 3.63) is 26.2 Å². The lowest BCUT2D eigenvalue weighted by Gasteiger charge is -1.86. The zero-order chi connectivity index (χ0) is 11.9. The second-order valence-electron chi connectivity index (χ2n) is 2.72. The lowest BCUT2D eigenvalue weighted by molar-refractivity contribution is -0.825. The van der Waals surface area contributed by atoms with Crippen LogP contribution in [0.3, 0.4) is 0 Å². The highest BCUT2D eigenvalue weighted by Crippen LogP contribution is 2.23. The molecule has 0 radical (unpaired) electrons. The predicted molar refractivity (Wildman–Crippen MR) is 41.3 cm³/mol. The Bertz CT molecular complexity index is 558. The second-order valence-corrected chi connectivity index (χ2v) is 2.72. The molecule has 0 aromatic carbocycles. The molecule has 0 fully saturated rings. The van der Waals surface area contributed by atoms with Gasteiger partial charge in [-0.1, -0.05) is 0 Å². The first-order chi connectivity index (χ1) is 7.52. The molecule has 2 aromatic rings. The molecular formula is C5H3N5O6. The van der Waals surface area contributed by atoms with E-state index in [2.05, 4.69) is 19.6 Å². The Hall–Kier alpha value is -2.72. The van der Waals surface area contributed by atoms with E-state index in [4.69, 9.17) is 0 Å². The van der Waals surface area contributed by atoms with Gasteiger partial charge >= 0.3 is 17.2 Å². The molecule has 84 valence electrons. The van der Waals surface area contributed by atoms with Crippen LogP contribution < -0.4 is 9.81 Å². The minimum atomic E-state index is -0.998. The van der Waals surface area contributed by atoms with E-state index < -0.39 is 21.3 Å². The van der Waals surface area contributed by atoms with Gasteiger partial charge in [-0.25, -0.2) is 0 Å². The summed E-state index contributed by atoms with van der Waals surface area (Å²) >= 11 is 0. The van der Waals surface area contributed by atoms with Crippen LogP contribution in [0.1, 0.15) is 5.69 Å². The van der Waals surface area contributed by atoms with Gasteiger partial charge in [-0.05, 0) is 4.90 Å². The second kappa shape index (κ2) is 3.15. The van der Waals surface area contributed by atoms with Crippen LogP contribution in [0, 0.1) is 27.5 Å². The van der Waals surface area contributed by atoms with Crippen LogP contribution in [0.4, 0.5) is 5.82 Å². The zero-order valence-corrected chi connectivity index (χ0v) is 7.69. The molecule has 0 atom stereocenters. The normalized spacial score (nSPS) is 10.6.